The molecule has 3 aromatic rings. The SMILES string of the molecule is C=c1ccc2c(c1S(=O)(=O)O)Oc1c(ccc(N)c1S(=O)(=O)O)C=2c1ccc(C(=O)C(C)C)cc1C(=O)N(C)CC. The van der Waals surface area contributed by atoms with Gasteiger partial charge in [0.2, 0.25) is 0 Å². The summed E-state index contributed by atoms with van der Waals surface area (Å²) in [4.78, 5) is 26.3. The van der Waals surface area contributed by atoms with E-state index in [1.165, 1.54) is 47.4 Å². The fraction of sp³-hybridized carbons (Fsp3) is 0.214. The molecule has 0 fully saturated rings. The van der Waals surface area contributed by atoms with E-state index in [9.17, 15) is 35.5 Å². The maximum Gasteiger partial charge on any atom is 0.300 e. The minimum absolute atomic E-state index is 0.0496. The number of ketones is 1. The van der Waals surface area contributed by atoms with Crippen molar-refractivity contribution in [3.05, 3.63) is 75.2 Å². The third-order valence-electron chi connectivity index (χ3n) is 6.74. The van der Waals surface area contributed by atoms with Crippen molar-refractivity contribution in [3.63, 3.8) is 0 Å². The zero-order valence-corrected chi connectivity index (χ0v) is 24.3. The number of rotatable bonds is 7. The minimum atomic E-state index is -5.02. The molecule has 1 heterocycles. The van der Waals surface area contributed by atoms with Crippen LogP contribution in [0.25, 0.3) is 12.2 Å². The summed E-state index contributed by atoms with van der Waals surface area (Å²) in [6.45, 7) is 9.14. The number of carbonyl (C=O) groups is 2. The molecule has 1 amide bonds. The fourth-order valence-corrected chi connectivity index (χ4v) is 6.18. The van der Waals surface area contributed by atoms with Crippen molar-refractivity contribution in [1.82, 2.24) is 4.90 Å². The second kappa shape index (κ2) is 10.4. The Morgan fingerprint density at radius 2 is 1.56 bits per heavy atom. The quantitative estimate of drug-likeness (QED) is 0.162. The summed E-state index contributed by atoms with van der Waals surface area (Å²) in [7, 11) is -8.44. The van der Waals surface area contributed by atoms with Crippen molar-refractivity contribution >= 4 is 49.8 Å². The molecule has 13 heteroatoms. The Morgan fingerprint density at radius 1 is 0.951 bits per heavy atom. The minimum Gasteiger partial charge on any atom is -0.453 e. The maximum atomic E-state index is 13.6. The number of hydrogen-bond donors (Lipinski definition) is 3. The van der Waals surface area contributed by atoms with Gasteiger partial charge in [-0.05, 0) is 42.0 Å². The van der Waals surface area contributed by atoms with Crippen LogP contribution in [0.4, 0.5) is 5.69 Å². The van der Waals surface area contributed by atoms with Crippen molar-refractivity contribution in [2.75, 3.05) is 19.3 Å². The molecule has 11 nitrogen and oxygen atoms in total. The number of ether oxygens (including phenoxy) is 1. The van der Waals surface area contributed by atoms with E-state index < -0.39 is 53.1 Å². The summed E-state index contributed by atoms with van der Waals surface area (Å²) in [6.07, 6.45) is 0. The summed E-state index contributed by atoms with van der Waals surface area (Å²) in [5.41, 5.74) is 6.20. The molecule has 0 atom stereocenters. The molecule has 3 aromatic carbocycles. The Balaban J connectivity index is 2.28. The van der Waals surface area contributed by atoms with Gasteiger partial charge in [0, 0.05) is 47.0 Å². The first-order valence-electron chi connectivity index (χ1n) is 12.3. The lowest BCUT2D eigenvalue weighted by Gasteiger charge is -2.26. The summed E-state index contributed by atoms with van der Waals surface area (Å²) in [5.74, 6) is -2.08. The molecule has 0 spiro atoms. The van der Waals surface area contributed by atoms with Crippen molar-refractivity contribution < 1.29 is 40.3 Å². The highest BCUT2D eigenvalue weighted by molar-refractivity contribution is 7.86. The van der Waals surface area contributed by atoms with Gasteiger partial charge in [-0.2, -0.15) is 16.8 Å². The summed E-state index contributed by atoms with van der Waals surface area (Å²) in [5, 5.41) is -0.0917. The standard InChI is InChI=1S/C28H28N2O9S2/c1-6-30(5)28(32)20-13-16(23(31)14(2)3)8-10-17(20)22-18-9-7-15(4)26(40(33,34)35)24(18)39-25-19(22)11-12-21(29)27(25)41(36,37)38/h7-14H,4,6,29H2,1-3,5H3,(H,33,34,35)(H,36,37,38). The van der Waals surface area contributed by atoms with Gasteiger partial charge in [-0.25, -0.2) is 0 Å². The molecule has 216 valence electrons. The van der Waals surface area contributed by atoms with E-state index in [1.807, 2.05) is 0 Å². The largest absolute Gasteiger partial charge is 0.453 e. The van der Waals surface area contributed by atoms with Gasteiger partial charge in [0.05, 0.1) is 5.69 Å². The fourth-order valence-electron chi connectivity index (χ4n) is 4.64. The molecule has 1 aliphatic rings. The third kappa shape index (κ3) is 5.24. The molecule has 4 rings (SSSR count). The number of nitrogen functional groups attached to an aromatic ring is 1. The van der Waals surface area contributed by atoms with Crippen molar-refractivity contribution in [1.29, 1.82) is 0 Å². The predicted molar refractivity (Wildman–Crippen MR) is 152 cm³/mol. The van der Waals surface area contributed by atoms with E-state index >= 15 is 0 Å². The molecule has 0 bridgehead atoms. The van der Waals surface area contributed by atoms with E-state index in [-0.39, 0.29) is 50.0 Å². The number of benzene rings is 3. The monoisotopic (exact) mass is 600 g/mol. The van der Waals surface area contributed by atoms with Crippen LogP contribution in [0.3, 0.4) is 0 Å². The van der Waals surface area contributed by atoms with E-state index in [2.05, 4.69) is 6.58 Å². The third-order valence-corrected chi connectivity index (χ3v) is 8.64. The van der Waals surface area contributed by atoms with Crippen LogP contribution in [0.5, 0.6) is 11.5 Å². The molecule has 0 aromatic heterocycles. The number of nitrogens with zero attached hydrogens (tertiary/aromatic N) is 1. The number of carbonyl (C=O) groups excluding carboxylic acids is 2. The zero-order valence-electron chi connectivity index (χ0n) is 22.6. The van der Waals surface area contributed by atoms with Crippen LogP contribution in [0, 0.1) is 5.92 Å². The van der Waals surface area contributed by atoms with Crippen molar-refractivity contribution in [2.24, 2.45) is 5.92 Å². The van der Waals surface area contributed by atoms with Gasteiger partial charge >= 0.3 is 0 Å². The predicted octanol–water partition coefficient (Wildman–Crippen LogP) is 2.46. The molecule has 0 unspecified atom stereocenters. The van der Waals surface area contributed by atoms with Crippen LogP contribution in [-0.4, -0.2) is 56.1 Å². The second-order valence-corrected chi connectivity index (χ2v) is 12.5. The number of Topliss-reactive ketones (excluding diaryl/α,β-unsaturated/α-hetero) is 1. The van der Waals surface area contributed by atoms with Crippen LogP contribution in [0.1, 0.15) is 52.6 Å². The van der Waals surface area contributed by atoms with Gasteiger partial charge in [-0.3, -0.25) is 18.7 Å². The number of anilines is 1. The number of fused-ring (bicyclic) bond motifs is 2. The Hall–Kier alpha value is -4.04. The highest BCUT2D eigenvalue weighted by Crippen LogP contribution is 2.44. The molecular formula is C28H28N2O9S2. The Labute approximate surface area is 237 Å². The first-order chi connectivity index (χ1) is 19.0. The summed E-state index contributed by atoms with van der Waals surface area (Å²) in [6, 6.07) is 9.79. The van der Waals surface area contributed by atoms with Gasteiger partial charge in [-0.1, -0.05) is 38.6 Å². The molecule has 0 saturated carbocycles. The molecule has 41 heavy (non-hydrogen) atoms. The van der Waals surface area contributed by atoms with E-state index in [1.54, 1.807) is 27.8 Å². The molecule has 0 aliphatic carbocycles. The molecule has 4 N–H and O–H groups in total. The zero-order chi connectivity index (χ0) is 30.6. The average Bonchev–Trinajstić information content (AvgIpc) is 2.88. The number of hydrogen-bond acceptors (Lipinski definition) is 8. The first kappa shape index (κ1) is 29.9. The lowest BCUT2D eigenvalue weighted by atomic mass is 9.87. The smallest absolute Gasteiger partial charge is 0.300 e. The van der Waals surface area contributed by atoms with Gasteiger partial charge in [0.15, 0.2) is 22.2 Å². The van der Waals surface area contributed by atoms with Gasteiger partial charge in [-0.15, -0.1) is 0 Å². The first-order valence-corrected chi connectivity index (χ1v) is 15.2. The van der Waals surface area contributed by atoms with Crippen molar-refractivity contribution in [3.8, 4) is 11.5 Å². The van der Waals surface area contributed by atoms with Gasteiger partial charge < -0.3 is 15.4 Å². The summed E-state index contributed by atoms with van der Waals surface area (Å²) < 4.78 is 75.7. The highest BCUT2D eigenvalue weighted by atomic mass is 32.2. The normalized spacial score (nSPS) is 12.9. The van der Waals surface area contributed by atoms with E-state index in [4.69, 9.17) is 10.5 Å². The van der Waals surface area contributed by atoms with E-state index in [0.29, 0.717) is 6.54 Å². The number of nitrogens with two attached hydrogens (primary N) is 1. The maximum absolute atomic E-state index is 13.6. The molecular weight excluding hydrogens is 572 g/mol. The van der Waals surface area contributed by atoms with E-state index in [0.717, 1.165) is 0 Å². The van der Waals surface area contributed by atoms with Crippen LogP contribution >= 0.6 is 0 Å². The Morgan fingerprint density at radius 3 is 2.12 bits per heavy atom. The molecule has 1 aliphatic heterocycles. The molecule has 0 saturated heterocycles. The van der Waals surface area contributed by atoms with Crippen LogP contribution in [0.15, 0.2) is 52.3 Å². The van der Waals surface area contributed by atoms with Crippen LogP contribution in [-0.2, 0) is 20.2 Å². The highest BCUT2D eigenvalue weighted by Gasteiger charge is 2.34. The summed E-state index contributed by atoms with van der Waals surface area (Å²) >= 11 is 0. The van der Waals surface area contributed by atoms with Gasteiger partial charge in [0.1, 0.15) is 4.90 Å². The van der Waals surface area contributed by atoms with Gasteiger partial charge in [0.25, 0.3) is 26.1 Å². The lowest BCUT2D eigenvalue weighted by Crippen LogP contribution is -2.30. The second-order valence-electron chi connectivity index (χ2n) is 9.82. The molecule has 0 radical (unpaired) electrons. The lowest BCUT2D eigenvalue weighted by molar-refractivity contribution is 0.0802. The Bertz CT molecular complexity index is 1970. The van der Waals surface area contributed by atoms with Crippen LogP contribution < -0.4 is 20.9 Å². The number of amides is 1. The van der Waals surface area contributed by atoms with Crippen LogP contribution in [0.2, 0.25) is 0 Å². The Kier molecular flexibility index (Phi) is 7.60. The van der Waals surface area contributed by atoms with Crippen molar-refractivity contribution in [2.45, 2.75) is 30.6 Å². The topological polar surface area (TPSA) is 181 Å². The average molecular weight is 601 g/mol.